The molecule has 4 heteroatoms. The Morgan fingerprint density at radius 2 is 2.18 bits per heavy atom. The summed E-state index contributed by atoms with van der Waals surface area (Å²) in [5.41, 5.74) is 7.67. The number of hydrogen-bond acceptors (Lipinski definition) is 4. The SMILES string of the molecule is CC(C)N(CCCO)c1ccc(N)c(C#N)c1. The van der Waals surface area contributed by atoms with Crippen molar-refractivity contribution in [3.8, 4) is 6.07 Å². The van der Waals surface area contributed by atoms with E-state index in [1.165, 1.54) is 0 Å². The van der Waals surface area contributed by atoms with E-state index in [1.54, 1.807) is 12.1 Å². The summed E-state index contributed by atoms with van der Waals surface area (Å²) in [7, 11) is 0. The number of nitrogen functional groups attached to an aromatic ring is 1. The monoisotopic (exact) mass is 233 g/mol. The normalized spacial score (nSPS) is 10.3. The molecule has 1 rings (SSSR count). The van der Waals surface area contributed by atoms with Crippen LogP contribution >= 0.6 is 0 Å². The molecule has 0 radical (unpaired) electrons. The Bertz CT molecular complexity index is 410. The molecule has 0 spiro atoms. The molecule has 1 aromatic carbocycles. The van der Waals surface area contributed by atoms with Gasteiger partial charge in [-0.05, 0) is 38.5 Å². The van der Waals surface area contributed by atoms with Crippen molar-refractivity contribution in [1.82, 2.24) is 0 Å². The number of rotatable bonds is 5. The molecule has 0 amide bonds. The molecule has 0 heterocycles. The summed E-state index contributed by atoms with van der Waals surface area (Å²) in [6.07, 6.45) is 0.713. The minimum absolute atomic E-state index is 0.170. The van der Waals surface area contributed by atoms with Gasteiger partial charge >= 0.3 is 0 Å². The van der Waals surface area contributed by atoms with E-state index in [0.717, 1.165) is 12.2 Å². The summed E-state index contributed by atoms with van der Waals surface area (Å²) < 4.78 is 0. The molecule has 0 saturated carbocycles. The summed E-state index contributed by atoms with van der Waals surface area (Å²) in [5.74, 6) is 0. The van der Waals surface area contributed by atoms with E-state index in [2.05, 4.69) is 24.8 Å². The molecule has 1 aromatic rings. The average molecular weight is 233 g/mol. The first-order valence-electron chi connectivity index (χ1n) is 5.77. The van der Waals surface area contributed by atoms with Gasteiger partial charge in [0, 0.05) is 30.6 Å². The van der Waals surface area contributed by atoms with Crippen molar-refractivity contribution in [3.63, 3.8) is 0 Å². The third-order valence-corrected chi connectivity index (χ3v) is 2.67. The smallest absolute Gasteiger partial charge is 0.101 e. The van der Waals surface area contributed by atoms with Crippen molar-refractivity contribution < 1.29 is 5.11 Å². The fourth-order valence-electron chi connectivity index (χ4n) is 1.75. The van der Waals surface area contributed by atoms with E-state index in [9.17, 15) is 0 Å². The lowest BCUT2D eigenvalue weighted by Gasteiger charge is -2.29. The van der Waals surface area contributed by atoms with Crippen LogP contribution in [0.15, 0.2) is 18.2 Å². The van der Waals surface area contributed by atoms with E-state index in [1.807, 2.05) is 6.07 Å². The highest BCUT2D eigenvalue weighted by atomic mass is 16.3. The number of aliphatic hydroxyl groups is 1. The van der Waals surface area contributed by atoms with Crippen LogP contribution in [-0.4, -0.2) is 24.3 Å². The van der Waals surface area contributed by atoms with E-state index < -0.39 is 0 Å². The zero-order chi connectivity index (χ0) is 12.8. The maximum Gasteiger partial charge on any atom is 0.101 e. The maximum absolute atomic E-state index is 8.95. The molecular weight excluding hydrogens is 214 g/mol. The summed E-state index contributed by atoms with van der Waals surface area (Å²) >= 11 is 0. The second kappa shape index (κ2) is 6.12. The minimum Gasteiger partial charge on any atom is -0.398 e. The Labute approximate surface area is 102 Å². The summed E-state index contributed by atoms with van der Waals surface area (Å²) in [6, 6.07) is 7.86. The zero-order valence-electron chi connectivity index (χ0n) is 10.3. The first-order chi connectivity index (χ1) is 8.10. The molecule has 0 aliphatic rings. The fourth-order valence-corrected chi connectivity index (χ4v) is 1.75. The van der Waals surface area contributed by atoms with Crippen LogP contribution in [-0.2, 0) is 0 Å². The molecule has 0 bridgehead atoms. The van der Waals surface area contributed by atoms with Crippen LogP contribution in [0, 0.1) is 11.3 Å². The van der Waals surface area contributed by atoms with Gasteiger partial charge in [0.05, 0.1) is 5.56 Å². The van der Waals surface area contributed by atoms with Crippen LogP contribution in [0.25, 0.3) is 0 Å². The zero-order valence-corrected chi connectivity index (χ0v) is 10.3. The topological polar surface area (TPSA) is 73.3 Å². The summed E-state index contributed by atoms with van der Waals surface area (Å²) in [5, 5.41) is 17.8. The molecular formula is C13H19N3O. The highest BCUT2D eigenvalue weighted by molar-refractivity contribution is 5.63. The largest absolute Gasteiger partial charge is 0.398 e. The van der Waals surface area contributed by atoms with Crippen LogP contribution in [0.2, 0.25) is 0 Å². The number of nitriles is 1. The Morgan fingerprint density at radius 3 is 2.71 bits per heavy atom. The molecule has 0 fully saturated rings. The van der Waals surface area contributed by atoms with Gasteiger partial charge in [0.1, 0.15) is 6.07 Å². The number of nitrogens with two attached hydrogens (primary N) is 1. The average Bonchev–Trinajstić information content (AvgIpc) is 2.31. The van der Waals surface area contributed by atoms with Crippen LogP contribution < -0.4 is 10.6 Å². The van der Waals surface area contributed by atoms with E-state index in [0.29, 0.717) is 23.7 Å². The first kappa shape index (κ1) is 13.3. The van der Waals surface area contributed by atoms with E-state index >= 15 is 0 Å². The second-order valence-corrected chi connectivity index (χ2v) is 4.25. The Hall–Kier alpha value is -1.73. The van der Waals surface area contributed by atoms with Crippen LogP contribution in [0.5, 0.6) is 0 Å². The van der Waals surface area contributed by atoms with E-state index in [-0.39, 0.29) is 6.61 Å². The lowest BCUT2D eigenvalue weighted by molar-refractivity contribution is 0.288. The third kappa shape index (κ3) is 3.36. The second-order valence-electron chi connectivity index (χ2n) is 4.25. The first-order valence-corrected chi connectivity index (χ1v) is 5.77. The highest BCUT2D eigenvalue weighted by Gasteiger charge is 2.11. The van der Waals surface area contributed by atoms with Gasteiger partial charge in [0.15, 0.2) is 0 Å². The molecule has 0 aliphatic heterocycles. The van der Waals surface area contributed by atoms with Gasteiger partial charge in [0.25, 0.3) is 0 Å². The molecule has 4 nitrogen and oxygen atoms in total. The number of hydrogen-bond donors (Lipinski definition) is 2. The summed E-state index contributed by atoms with van der Waals surface area (Å²) in [4.78, 5) is 2.15. The molecule has 92 valence electrons. The molecule has 0 unspecified atom stereocenters. The van der Waals surface area contributed by atoms with Crippen LogP contribution in [0.1, 0.15) is 25.8 Å². The van der Waals surface area contributed by atoms with Crippen molar-refractivity contribution in [1.29, 1.82) is 5.26 Å². The molecule has 0 aromatic heterocycles. The standard InChI is InChI=1S/C13H19N3O/c1-10(2)16(6-3-7-17)12-4-5-13(15)11(8-12)9-14/h4-5,8,10,17H,3,6-7,15H2,1-2H3. The number of aliphatic hydroxyl groups excluding tert-OH is 1. The molecule has 3 N–H and O–H groups in total. The van der Waals surface area contributed by atoms with Gasteiger partial charge in [-0.3, -0.25) is 0 Å². The van der Waals surface area contributed by atoms with Crippen molar-refractivity contribution >= 4 is 11.4 Å². The van der Waals surface area contributed by atoms with Crippen LogP contribution in [0.4, 0.5) is 11.4 Å². The Kier molecular flexibility index (Phi) is 4.80. The predicted molar refractivity (Wildman–Crippen MR) is 69.8 cm³/mol. The Balaban J connectivity index is 2.98. The van der Waals surface area contributed by atoms with Gasteiger partial charge < -0.3 is 15.7 Å². The highest BCUT2D eigenvalue weighted by Crippen LogP contribution is 2.22. The number of nitrogens with zero attached hydrogens (tertiary/aromatic N) is 2. The van der Waals surface area contributed by atoms with Gasteiger partial charge in [-0.1, -0.05) is 0 Å². The fraction of sp³-hybridized carbons (Fsp3) is 0.462. The molecule has 17 heavy (non-hydrogen) atoms. The quantitative estimate of drug-likeness (QED) is 0.760. The van der Waals surface area contributed by atoms with Crippen molar-refractivity contribution in [2.75, 3.05) is 23.8 Å². The van der Waals surface area contributed by atoms with Gasteiger partial charge in [-0.2, -0.15) is 5.26 Å². The maximum atomic E-state index is 8.95. The van der Waals surface area contributed by atoms with Crippen molar-refractivity contribution in [2.24, 2.45) is 0 Å². The molecule has 0 aliphatic carbocycles. The predicted octanol–water partition coefficient (Wildman–Crippen LogP) is 1.74. The lowest BCUT2D eigenvalue weighted by Crippen LogP contribution is -2.32. The number of benzene rings is 1. The summed E-state index contributed by atoms with van der Waals surface area (Å²) in [6.45, 7) is 5.10. The van der Waals surface area contributed by atoms with Crippen molar-refractivity contribution in [2.45, 2.75) is 26.3 Å². The van der Waals surface area contributed by atoms with Crippen molar-refractivity contribution in [3.05, 3.63) is 23.8 Å². The van der Waals surface area contributed by atoms with Crippen LogP contribution in [0.3, 0.4) is 0 Å². The molecule has 0 atom stereocenters. The number of anilines is 2. The Morgan fingerprint density at radius 1 is 1.47 bits per heavy atom. The van der Waals surface area contributed by atoms with E-state index in [4.69, 9.17) is 16.1 Å². The van der Waals surface area contributed by atoms with Gasteiger partial charge in [-0.25, -0.2) is 0 Å². The van der Waals surface area contributed by atoms with Gasteiger partial charge in [-0.15, -0.1) is 0 Å². The van der Waals surface area contributed by atoms with Gasteiger partial charge in [0.2, 0.25) is 0 Å². The third-order valence-electron chi connectivity index (χ3n) is 2.67. The minimum atomic E-state index is 0.170. The molecule has 0 saturated heterocycles. The lowest BCUT2D eigenvalue weighted by atomic mass is 10.1.